The first-order chi connectivity index (χ1) is 7.67. The minimum absolute atomic E-state index is 0.0311. The normalized spacial score (nSPS) is 18.7. The number of urea groups is 1. The highest BCUT2D eigenvalue weighted by atomic mass is 16.2. The van der Waals surface area contributed by atoms with Gasteiger partial charge in [-0.05, 0) is 19.9 Å². The number of allylic oxidation sites excluding steroid dienone is 1. The van der Waals surface area contributed by atoms with E-state index in [4.69, 9.17) is 0 Å². The lowest BCUT2D eigenvalue weighted by Crippen LogP contribution is -2.50. The monoisotopic (exact) mass is 225 g/mol. The van der Waals surface area contributed by atoms with E-state index < -0.39 is 0 Å². The molecule has 1 aliphatic rings. The van der Waals surface area contributed by atoms with Gasteiger partial charge in [-0.1, -0.05) is 19.4 Å². The quantitative estimate of drug-likeness (QED) is 0.792. The van der Waals surface area contributed by atoms with Crippen LogP contribution in [0.2, 0.25) is 0 Å². The number of hydrogen-bond donors (Lipinski definition) is 1. The number of nitrogens with zero attached hydrogens (tertiary/aromatic N) is 2. The van der Waals surface area contributed by atoms with Gasteiger partial charge in [0.05, 0.1) is 0 Å². The fourth-order valence-electron chi connectivity index (χ4n) is 1.65. The number of rotatable bonds is 3. The third-order valence-corrected chi connectivity index (χ3v) is 3.11. The molecular weight excluding hydrogens is 202 g/mol. The van der Waals surface area contributed by atoms with Crippen molar-refractivity contribution in [3.05, 3.63) is 11.8 Å². The van der Waals surface area contributed by atoms with Gasteiger partial charge < -0.3 is 15.1 Å². The van der Waals surface area contributed by atoms with Crippen LogP contribution in [-0.4, -0.2) is 48.6 Å². The lowest BCUT2D eigenvalue weighted by atomic mass is 10.2. The summed E-state index contributed by atoms with van der Waals surface area (Å²) in [4.78, 5) is 16.0. The summed E-state index contributed by atoms with van der Waals surface area (Å²) in [6.45, 7) is 11.0. The summed E-state index contributed by atoms with van der Waals surface area (Å²) in [6, 6.07) is 0.0311. The molecule has 1 fully saturated rings. The second-order valence-corrected chi connectivity index (χ2v) is 4.22. The summed E-state index contributed by atoms with van der Waals surface area (Å²) in [6.07, 6.45) is 2.79. The van der Waals surface area contributed by atoms with Crippen LogP contribution < -0.4 is 5.32 Å². The fraction of sp³-hybridized carbons (Fsp3) is 0.750. The maximum atomic E-state index is 11.8. The number of carbonyl (C=O) groups is 1. The van der Waals surface area contributed by atoms with E-state index in [0.29, 0.717) is 0 Å². The van der Waals surface area contributed by atoms with Crippen molar-refractivity contribution in [1.82, 2.24) is 15.1 Å². The van der Waals surface area contributed by atoms with E-state index in [1.165, 1.54) is 5.57 Å². The summed E-state index contributed by atoms with van der Waals surface area (Å²) >= 11 is 0. The molecule has 1 aliphatic heterocycles. The minimum atomic E-state index is 0.0311. The van der Waals surface area contributed by atoms with Crippen molar-refractivity contribution < 1.29 is 4.79 Å². The van der Waals surface area contributed by atoms with E-state index in [0.717, 1.165) is 39.1 Å². The largest absolute Gasteiger partial charge is 0.322 e. The Morgan fingerprint density at radius 3 is 2.38 bits per heavy atom. The standard InChI is InChI=1S/C12H23N3O/c1-4-11(3)10-13-12(16)15-8-6-14(5-2)7-9-15/h10H,4-9H2,1-3H3,(H,13,16)/b11-10+. The Morgan fingerprint density at radius 1 is 1.25 bits per heavy atom. The molecular formula is C12H23N3O. The number of carbonyl (C=O) groups excluding carboxylic acids is 1. The highest BCUT2D eigenvalue weighted by Gasteiger charge is 2.18. The molecule has 1 saturated heterocycles. The fourth-order valence-corrected chi connectivity index (χ4v) is 1.65. The zero-order valence-corrected chi connectivity index (χ0v) is 10.6. The Kier molecular flexibility index (Phi) is 5.32. The third kappa shape index (κ3) is 3.85. The van der Waals surface area contributed by atoms with E-state index in [-0.39, 0.29) is 6.03 Å². The van der Waals surface area contributed by atoms with Gasteiger partial charge in [0.15, 0.2) is 0 Å². The van der Waals surface area contributed by atoms with Crippen molar-refractivity contribution in [1.29, 1.82) is 0 Å². The zero-order valence-electron chi connectivity index (χ0n) is 10.6. The SMILES string of the molecule is CC/C(C)=C/NC(=O)N1CCN(CC)CC1. The van der Waals surface area contributed by atoms with Crippen molar-refractivity contribution in [3.8, 4) is 0 Å². The second kappa shape index (κ2) is 6.53. The smallest absolute Gasteiger partial charge is 0.321 e. The van der Waals surface area contributed by atoms with Crippen molar-refractivity contribution in [2.45, 2.75) is 27.2 Å². The molecule has 4 heteroatoms. The summed E-state index contributed by atoms with van der Waals surface area (Å²) < 4.78 is 0. The average molecular weight is 225 g/mol. The van der Waals surface area contributed by atoms with E-state index >= 15 is 0 Å². The highest BCUT2D eigenvalue weighted by Crippen LogP contribution is 2.02. The van der Waals surface area contributed by atoms with Gasteiger partial charge in [0, 0.05) is 32.4 Å². The molecule has 0 unspecified atom stereocenters. The molecule has 4 nitrogen and oxygen atoms in total. The topological polar surface area (TPSA) is 35.6 Å². The van der Waals surface area contributed by atoms with Crippen LogP contribution >= 0.6 is 0 Å². The van der Waals surface area contributed by atoms with Crippen LogP contribution in [0.4, 0.5) is 4.79 Å². The third-order valence-electron chi connectivity index (χ3n) is 3.11. The van der Waals surface area contributed by atoms with Gasteiger partial charge in [-0.25, -0.2) is 4.79 Å². The Hall–Kier alpha value is -1.03. The van der Waals surface area contributed by atoms with Gasteiger partial charge in [-0.15, -0.1) is 0 Å². The lowest BCUT2D eigenvalue weighted by Gasteiger charge is -2.33. The van der Waals surface area contributed by atoms with Gasteiger partial charge in [0.25, 0.3) is 0 Å². The number of nitrogens with one attached hydrogen (secondary N) is 1. The van der Waals surface area contributed by atoms with E-state index in [9.17, 15) is 4.79 Å². The molecule has 0 radical (unpaired) electrons. The summed E-state index contributed by atoms with van der Waals surface area (Å²) in [5, 5.41) is 2.84. The molecule has 1 N–H and O–H groups in total. The predicted molar refractivity (Wildman–Crippen MR) is 66.3 cm³/mol. The Labute approximate surface area is 98.3 Å². The maximum absolute atomic E-state index is 11.8. The molecule has 2 amide bonds. The first-order valence-electron chi connectivity index (χ1n) is 6.10. The second-order valence-electron chi connectivity index (χ2n) is 4.22. The summed E-state index contributed by atoms with van der Waals surface area (Å²) in [5.41, 5.74) is 1.19. The zero-order chi connectivity index (χ0) is 12.0. The number of likely N-dealkylation sites (N-methyl/N-ethyl adjacent to an activating group) is 1. The van der Waals surface area contributed by atoms with E-state index in [1.807, 2.05) is 18.0 Å². The van der Waals surface area contributed by atoms with Crippen LogP contribution in [0.15, 0.2) is 11.8 Å². The molecule has 1 heterocycles. The van der Waals surface area contributed by atoms with Crippen LogP contribution in [0.3, 0.4) is 0 Å². The van der Waals surface area contributed by atoms with Crippen molar-refractivity contribution in [3.63, 3.8) is 0 Å². The molecule has 92 valence electrons. The minimum Gasteiger partial charge on any atom is -0.322 e. The van der Waals surface area contributed by atoms with Gasteiger partial charge in [0.2, 0.25) is 0 Å². The average Bonchev–Trinajstić information content (AvgIpc) is 2.35. The van der Waals surface area contributed by atoms with Crippen LogP contribution in [0.5, 0.6) is 0 Å². The molecule has 0 aromatic rings. The molecule has 0 aromatic carbocycles. The number of amides is 2. The molecule has 16 heavy (non-hydrogen) atoms. The van der Waals surface area contributed by atoms with Gasteiger partial charge >= 0.3 is 6.03 Å². The predicted octanol–water partition coefficient (Wildman–Crippen LogP) is 1.65. The van der Waals surface area contributed by atoms with E-state index in [2.05, 4.69) is 24.1 Å². The molecule has 0 aromatic heterocycles. The molecule has 1 rings (SSSR count). The van der Waals surface area contributed by atoms with Crippen molar-refractivity contribution >= 4 is 6.03 Å². The van der Waals surface area contributed by atoms with E-state index in [1.54, 1.807) is 0 Å². The maximum Gasteiger partial charge on any atom is 0.321 e. The van der Waals surface area contributed by atoms with Gasteiger partial charge in [0.1, 0.15) is 0 Å². The van der Waals surface area contributed by atoms with Crippen molar-refractivity contribution in [2.75, 3.05) is 32.7 Å². The lowest BCUT2D eigenvalue weighted by molar-refractivity contribution is 0.145. The molecule has 0 saturated carbocycles. The Balaban J connectivity index is 2.33. The molecule has 0 atom stereocenters. The highest BCUT2D eigenvalue weighted by molar-refractivity contribution is 5.75. The van der Waals surface area contributed by atoms with Crippen LogP contribution in [-0.2, 0) is 0 Å². The van der Waals surface area contributed by atoms with Gasteiger partial charge in [-0.3, -0.25) is 0 Å². The van der Waals surface area contributed by atoms with Crippen LogP contribution in [0.25, 0.3) is 0 Å². The number of piperazine rings is 1. The Morgan fingerprint density at radius 2 is 1.88 bits per heavy atom. The van der Waals surface area contributed by atoms with Gasteiger partial charge in [-0.2, -0.15) is 0 Å². The first-order valence-corrected chi connectivity index (χ1v) is 6.10. The molecule has 0 bridgehead atoms. The summed E-state index contributed by atoms with van der Waals surface area (Å²) in [5.74, 6) is 0. The first kappa shape index (κ1) is 13.0. The van der Waals surface area contributed by atoms with Crippen LogP contribution in [0.1, 0.15) is 27.2 Å². The molecule has 0 aliphatic carbocycles. The number of hydrogen-bond acceptors (Lipinski definition) is 2. The van der Waals surface area contributed by atoms with Crippen LogP contribution in [0, 0.1) is 0 Å². The Bertz CT molecular complexity index is 255. The van der Waals surface area contributed by atoms with Crippen molar-refractivity contribution in [2.24, 2.45) is 0 Å². The molecule has 0 spiro atoms. The summed E-state index contributed by atoms with van der Waals surface area (Å²) in [7, 11) is 0.